The Morgan fingerprint density at radius 3 is 2.59 bits per heavy atom. The van der Waals surface area contributed by atoms with Crippen molar-refractivity contribution in [2.24, 2.45) is 5.41 Å². The largest absolute Gasteiger partial charge is 0.497 e. The van der Waals surface area contributed by atoms with Crippen molar-refractivity contribution < 1.29 is 19.0 Å². The molecule has 6 nitrogen and oxygen atoms in total. The molecule has 2 amide bonds. The van der Waals surface area contributed by atoms with Gasteiger partial charge in [0.1, 0.15) is 5.75 Å². The Balaban J connectivity index is 1.53. The monoisotopic (exact) mass is 306 g/mol. The maximum Gasteiger partial charge on any atom is 0.321 e. The molecule has 2 fully saturated rings. The van der Waals surface area contributed by atoms with E-state index < -0.39 is 5.79 Å². The van der Waals surface area contributed by atoms with E-state index in [9.17, 15) is 4.79 Å². The van der Waals surface area contributed by atoms with E-state index in [0.717, 1.165) is 5.69 Å². The number of methoxy groups -OCH3 is 1. The summed E-state index contributed by atoms with van der Waals surface area (Å²) in [5.41, 5.74) is 0.670. The molecule has 3 rings (SSSR count). The van der Waals surface area contributed by atoms with Crippen LogP contribution in [0.15, 0.2) is 24.3 Å². The summed E-state index contributed by atoms with van der Waals surface area (Å²) in [6.07, 6.45) is 0. The third-order valence-corrected chi connectivity index (χ3v) is 4.11. The average Bonchev–Trinajstić information content (AvgIpc) is 2.45. The first-order valence-electron chi connectivity index (χ1n) is 7.39. The minimum atomic E-state index is -0.519. The van der Waals surface area contributed by atoms with Crippen LogP contribution in [-0.4, -0.2) is 50.1 Å². The van der Waals surface area contributed by atoms with E-state index in [1.165, 1.54) is 0 Å². The summed E-state index contributed by atoms with van der Waals surface area (Å²) in [6, 6.07) is 7.21. The summed E-state index contributed by atoms with van der Waals surface area (Å²) in [4.78, 5) is 14.0. The lowest BCUT2D eigenvalue weighted by Crippen LogP contribution is -2.66. The first-order chi connectivity index (χ1) is 10.4. The molecule has 2 aliphatic rings. The molecule has 0 aromatic heterocycles. The molecule has 2 saturated heterocycles. The Kier molecular flexibility index (Phi) is 3.74. The van der Waals surface area contributed by atoms with Crippen molar-refractivity contribution in [1.82, 2.24) is 4.90 Å². The molecule has 0 radical (unpaired) electrons. The minimum Gasteiger partial charge on any atom is -0.497 e. The van der Waals surface area contributed by atoms with Crippen LogP contribution in [0, 0.1) is 5.41 Å². The number of carbonyl (C=O) groups is 1. The fourth-order valence-electron chi connectivity index (χ4n) is 2.73. The van der Waals surface area contributed by atoms with Gasteiger partial charge in [-0.15, -0.1) is 0 Å². The molecular weight excluding hydrogens is 284 g/mol. The molecule has 1 aromatic carbocycles. The SMILES string of the molecule is COc1cccc(NC(=O)N2CC3(COC(C)(C)OC3)C2)c1. The Hall–Kier alpha value is -1.79. The van der Waals surface area contributed by atoms with Gasteiger partial charge in [0.25, 0.3) is 0 Å². The number of rotatable bonds is 2. The van der Waals surface area contributed by atoms with Crippen LogP contribution in [0.1, 0.15) is 13.8 Å². The third-order valence-electron chi connectivity index (χ3n) is 4.11. The second-order valence-corrected chi connectivity index (χ2v) is 6.50. The van der Waals surface area contributed by atoms with Crippen molar-refractivity contribution >= 4 is 11.7 Å². The van der Waals surface area contributed by atoms with Gasteiger partial charge in [-0.05, 0) is 26.0 Å². The molecule has 0 saturated carbocycles. The highest BCUT2D eigenvalue weighted by Gasteiger charge is 2.50. The van der Waals surface area contributed by atoms with Gasteiger partial charge in [-0.25, -0.2) is 4.79 Å². The zero-order valence-electron chi connectivity index (χ0n) is 13.2. The van der Waals surface area contributed by atoms with Crippen LogP contribution >= 0.6 is 0 Å². The summed E-state index contributed by atoms with van der Waals surface area (Å²) in [5, 5.41) is 2.88. The van der Waals surface area contributed by atoms with Crippen molar-refractivity contribution in [1.29, 1.82) is 0 Å². The number of anilines is 1. The van der Waals surface area contributed by atoms with Gasteiger partial charge in [0.2, 0.25) is 0 Å². The van der Waals surface area contributed by atoms with Gasteiger partial charge < -0.3 is 24.4 Å². The quantitative estimate of drug-likeness (QED) is 0.911. The number of likely N-dealkylation sites (tertiary alicyclic amines) is 1. The van der Waals surface area contributed by atoms with Crippen molar-refractivity contribution in [2.45, 2.75) is 19.6 Å². The van der Waals surface area contributed by atoms with E-state index in [0.29, 0.717) is 32.1 Å². The molecule has 0 atom stereocenters. The maximum absolute atomic E-state index is 12.2. The van der Waals surface area contributed by atoms with Crippen molar-refractivity contribution in [3.63, 3.8) is 0 Å². The molecule has 2 heterocycles. The second-order valence-electron chi connectivity index (χ2n) is 6.50. The number of carbonyl (C=O) groups excluding carboxylic acids is 1. The van der Waals surface area contributed by atoms with Gasteiger partial charge in [-0.1, -0.05) is 6.07 Å². The number of nitrogens with zero attached hydrogens (tertiary/aromatic N) is 1. The first-order valence-corrected chi connectivity index (χ1v) is 7.39. The fraction of sp³-hybridized carbons (Fsp3) is 0.562. The van der Waals surface area contributed by atoms with Gasteiger partial charge in [0, 0.05) is 24.8 Å². The molecule has 22 heavy (non-hydrogen) atoms. The Morgan fingerprint density at radius 2 is 1.95 bits per heavy atom. The molecule has 0 bridgehead atoms. The van der Waals surface area contributed by atoms with Crippen molar-refractivity contribution in [2.75, 3.05) is 38.7 Å². The number of benzene rings is 1. The zero-order chi connectivity index (χ0) is 15.8. The van der Waals surface area contributed by atoms with Crippen LogP contribution in [0.3, 0.4) is 0 Å². The van der Waals surface area contributed by atoms with Gasteiger partial charge in [0.15, 0.2) is 5.79 Å². The van der Waals surface area contributed by atoms with E-state index >= 15 is 0 Å². The third kappa shape index (κ3) is 3.03. The number of hydrogen-bond donors (Lipinski definition) is 1. The molecule has 2 aliphatic heterocycles. The smallest absolute Gasteiger partial charge is 0.321 e. The van der Waals surface area contributed by atoms with Gasteiger partial charge >= 0.3 is 6.03 Å². The highest BCUT2D eigenvalue weighted by Crippen LogP contribution is 2.37. The van der Waals surface area contributed by atoms with Crippen molar-refractivity contribution in [3.8, 4) is 5.75 Å². The lowest BCUT2D eigenvalue weighted by molar-refractivity contribution is -0.301. The van der Waals surface area contributed by atoms with Crippen LogP contribution in [0.2, 0.25) is 0 Å². The van der Waals surface area contributed by atoms with Crippen LogP contribution in [0.25, 0.3) is 0 Å². The highest BCUT2D eigenvalue weighted by molar-refractivity contribution is 5.90. The first kappa shape index (κ1) is 15.1. The molecule has 1 N–H and O–H groups in total. The normalized spacial score (nSPS) is 22.0. The Morgan fingerprint density at radius 1 is 1.27 bits per heavy atom. The summed E-state index contributed by atoms with van der Waals surface area (Å²) >= 11 is 0. The highest BCUT2D eigenvalue weighted by atomic mass is 16.7. The van der Waals surface area contributed by atoms with E-state index in [2.05, 4.69) is 5.32 Å². The minimum absolute atomic E-state index is 0.0543. The Bertz CT molecular complexity index is 555. The number of urea groups is 1. The van der Waals surface area contributed by atoms with E-state index in [-0.39, 0.29) is 11.4 Å². The van der Waals surface area contributed by atoms with E-state index in [4.69, 9.17) is 14.2 Å². The topological polar surface area (TPSA) is 60.0 Å². The van der Waals surface area contributed by atoms with Crippen LogP contribution in [-0.2, 0) is 9.47 Å². The zero-order valence-corrected chi connectivity index (χ0v) is 13.2. The Labute approximate surface area is 130 Å². The molecule has 6 heteroatoms. The second kappa shape index (κ2) is 5.44. The predicted molar refractivity (Wildman–Crippen MR) is 82.0 cm³/mol. The molecule has 0 unspecified atom stereocenters. The van der Waals surface area contributed by atoms with Crippen molar-refractivity contribution in [3.05, 3.63) is 24.3 Å². The number of ether oxygens (including phenoxy) is 3. The summed E-state index contributed by atoms with van der Waals surface area (Å²) in [7, 11) is 1.60. The fourth-order valence-corrected chi connectivity index (χ4v) is 2.73. The molecule has 1 spiro atoms. The number of amides is 2. The lowest BCUT2D eigenvalue weighted by atomic mass is 9.81. The van der Waals surface area contributed by atoms with Gasteiger partial charge in [-0.2, -0.15) is 0 Å². The standard InChI is InChI=1S/C16H22N2O4/c1-15(2)21-10-16(11-22-15)8-18(9-16)14(19)17-12-5-4-6-13(7-12)20-3/h4-7H,8-11H2,1-3H3,(H,17,19). The molecule has 0 aliphatic carbocycles. The van der Waals surface area contributed by atoms with Crippen LogP contribution < -0.4 is 10.1 Å². The van der Waals surface area contributed by atoms with E-state index in [1.54, 1.807) is 18.1 Å². The van der Waals surface area contributed by atoms with Crippen LogP contribution in [0.5, 0.6) is 5.75 Å². The lowest BCUT2D eigenvalue weighted by Gasteiger charge is -2.53. The average molecular weight is 306 g/mol. The van der Waals surface area contributed by atoms with Gasteiger partial charge in [0.05, 0.1) is 25.7 Å². The summed E-state index contributed by atoms with van der Waals surface area (Å²) in [5.74, 6) is 0.198. The maximum atomic E-state index is 12.2. The molecule has 120 valence electrons. The summed E-state index contributed by atoms with van der Waals surface area (Å²) < 4.78 is 16.6. The number of hydrogen-bond acceptors (Lipinski definition) is 4. The van der Waals surface area contributed by atoms with Gasteiger partial charge in [-0.3, -0.25) is 0 Å². The molecule has 1 aromatic rings. The molecular formula is C16H22N2O4. The number of nitrogens with one attached hydrogen (secondary N) is 1. The van der Waals surface area contributed by atoms with Crippen LogP contribution in [0.4, 0.5) is 10.5 Å². The predicted octanol–water partition coefficient (Wildman–Crippen LogP) is 2.31. The summed E-state index contributed by atoms with van der Waals surface area (Å²) in [6.45, 7) is 6.38. The van der Waals surface area contributed by atoms with E-state index in [1.807, 2.05) is 32.0 Å².